The number of hydrogen-bond donors (Lipinski definition) is 3. The average molecular weight is 919 g/mol. The number of carbonyl (C=O) groups is 1. The minimum atomic E-state index is -0.867. The summed E-state index contributed by atoms with van der Waals surface area (Å²) in [6.45, 7) is 4.20. The first kappa shape index (κ1) is 63.6. The molecule has 0 rings (SSSR count). The molecule has 4 nitrogen and oxygen atoms in total. The van der Waals surface area contributed by atoms with E-state index in [0.717, 1.165) is 64.2 Å². The zero-order valence-electron chi connectivity index (χ0n) is 43.9. The van der Waals surface area contributed by atoms with Crippen LogP contribution in [0.1, 0.15) is 284 Å². The Hall–Kier alpha value is -2.43. The first-order valence-electron chi connectivity index (χ1n) is 28.8. The Morgan fingerprint density at radius 1 is 0.379 bits per heavy atom. The molecule has 0 bridgehead atoms. The number of allylic oxidation sites excluding steroid dienone is 13. The highest BCUT2D eigenvalue weighted by atomic mass is 16.3. The van der Waals surface area contributed by atoms with Crippen LogP contribution < -0.4 is 5.32 Å². The SMILES string of the molecule is CC/C=C\C/C=C\C/C=C\C/C=C\C/C=C\CCCCCCCCCCCCCCCCCC(=O)NC(CO)C(O)/C=C/CC/C=C/CCCCCCCCCCCCCCCCCCC. The third kappa shape index (κ3) is 52.5. The number of aliphatic hydroxyl groups excluding tert-OH is 2. The second-order valence-electron chi connectivity index (χ2n) is 19.3. The molecule has 4 heteroatoms. The molecular weight excluding hydrogens is 807 g/mol. The Labute approximate surface area is 411 Å². The second-order valence-corrected chi connectivity index (χ2v) is 19.3. The number of nitrogens with one attached hydrogen (secondary N) is 1. The van der Waals surface area contributed by atoms with Gasteiger partial charge in [-0.1, -0.05) is 285 Å². The highest BCUT2D eigenvalue weighted by Gasteiger charge is 2.18. The fraction of sp³-hybridized carbons (Fsp3) is 0.758. The molecule has 0 aromatic rings. The monoisotopic (exact) mass is 918 g/mol. The van der Waals surface area contributed by atoms with Crippen LogP contribution >= 0.6 is 0 Å². The number of hydrogen-bond acceptors (Lipinski definition) is 3. The summed E-state index contributed by atoms with van der Waals surface area (Å²) in [6.07, 6.45) is 83.2. The number of aliphatic hydroxyl groups is 2. The summed E-state index contributed by atoms with van der Waals surface area (Å²) in [7, 11) is 0. The van der Waals surface area contributed by atoms with Crippen LogP contribution in [0.25, 0.3) is 0 Å². The van der Waals surface area contributed by atoms with Gasteiger partial charge < -0.3 is 15.5 Å². The second kappa shape index (κ2) is 56.9. The minimum absolute atomic E-state index is 0.0740. The molecule has 0 fully saturated rings. The zero-order chi connectivity index (χ0) is 47.7. The van der Waals surface area contributed by atoms with Crippen LogP contribution in [0, 0.1) is 0 Å². The smallest absolute Gasteiger partial charge is 0.220 e. The van der Waals surface area contributed by atoms with Crippen molar-refractivity contribution in [1.29, 1.82) is 0 Å². The van der Waals surface area contributed by atoms with Gasteiger partial charge in [-0.3, -0.25) is 4.79 Å². The van der Waals surface area contributed by atoms with Gasteiger partial charge >= 0.3 is 0 Å². The lowest BCUT2D eigenvalue weighted by Gasteiger charge is -2.19. The highest BCUT2D eigenvalue weighted by molar-refractivity contribution is 5.76. The number of rotatable bonds is 52. The molecule has 0 saturated heterocycles. The summed E-state index contributed by atoms with van der Waals surface area (Å²) in [5.41, 5.74) is 0. The molecular formula is C62H111NO3. The van der Waals surface area contributed by atoms with Gasteiger partial charge in [-0.15, -0.1) is 0 Å². The maximum Gasteiger partial charge on any atom is 0.220 e. The van der Waals surface area contributed by atoms with Crippen molar-refractivity contribution in [3.63, 3.8) is 0 Å². The lowest BCUT2D eigenvalue weighted by molar-refractivity contribution is -0.123. The Morgan fingerprint density at radius 2 is 0.682 bits per heavy atom. The molecule has 3 N–H and O–H groups in total. The van der Waals surface area contributed by atoms with Crippen LogP contribution in [0.4, 0.5) is 0 Å². The summed E-state index contributed by atoms with van der Waals surface area (Å²) < 4.78 is 0. The number of unbranched alkanes of at least 4 members (excludes halogenated alkanes) is 33. The Balaban J connectivity index is 3.54. The van der Waals surface area contributed by atoms with Crippen molar-refractivity contribution in [3.05, 3.63) is 85.1 Å². The van der Waals surface area contributed by atoms with E-state index < -0.39 is 12.1 Å². The van der Waals surface area contributed by atoms with Crippen LogP contribution in [0.15, 0.2) is 85.1 Å². The maximum absolute atomic E-state index is 12.5. The third-order valence-corrected chi connectivity index (χ3v) is 12.9. The number of amides is 1. The van der Waals surface area contributed by atoms with E-state index in [9.17, 15) is 15.0 Å². The average Bonchev–Trinajstić information content (AvgIpc) is 3.32. The molecule has 2 unspecified atom stereocenters. The van der Waals surface area contributed by atoms with Crippen molar-refractivity contribution in [2.75, 3.05) is 6.61 Å². The van der Waals surface area contributed by atoms with E-state index in [2.05, 4.69) is 92.1 Å². The summed E-state index contributed by atoms with van der Waals surface area (Å²) in [6, 6.07) is -0.644. The third-order valence-electron chi connectivity index (χ3n) is 12.9. The molecule has 0 aliphatic heterocycles. The van der Waals surface area contributed by atoms with Crippen LogP contribution in [-0.2, 0) is 4.79 Å². The first-order chi connectivity index (χ1) is 32.7. The normalized spacial score (nSPS) is 13.5. The van der Waals surface area contributed by atoms with E-state index >= 15 is 0 Å². The maximum atomic E-state index is 12.5. The lowest BCUT2D eigenvalue weighted by atomic mass is 10.0. The molecule has 0 aliphatic rings. The van der Waals surface area contributed by atoms with Crippen molar-refractivity contribution in [2.45, 2.75) is 296 Å². The summed E-state index contributed by atoms with van der Waals surface area (Å²) in [4.78, 5) is 12.5. The van der Waals surface area contributed by atoms with Crippen LogP contribution in [0.5, 0.6) is 0 Å². The van der Waals surface area contributed by atoms with Gasteiger partial charge in [0.2, 0.25) is 5.91 Å². The molecule has 0 radical (unpaired) electrons. The molecule has 0 aromatic heterocycles. The Morgan fingerprint density at radius 3 is 1.06 bits per heavy atom. The van der Waals surface area contributed by atoms with Crippen LogP contribution in [0.3, 0.4) is 0 Å². The molecule has 382 valence electrons. The van der Waals surface area contributed by atoms with Gasteiger partial charge in [0.25, 0.3) is 0 Å². The molecule has 0 saturated carbocycles. The highest BCUT2D eigenvalue weighted by Crippen LogP contribution is 2.16. The van der Waals surface area contributed by atoms with Crippen LogP contribution in [-0.4, -0.2) is 34.9 Å². The minimum Gasteiger partial charge on any atom is -0.394 e. The van der Waals surface area contributed by atoms with Gasteiger partial charge in [-0.2, -0.15) is 0 Å². The summed E-state index contributed by atoms with van der Waals surface area (Å²) in [5.74, 6) is -0.0740. The van der Waals surface area contributed by atoms with E-state index in [1.807, 2.05) is 6.08 Å². The van der Waals surface area contributed by atoms with Crippen molar-refractivity contribution in [1.82, 2.24) is 5.32 Å². The summed E-state index contributed by atoms with van der Waals surface area (Å²) in [5, 5.41) is 23.2. The van der Waals surface area contributed by atoms with E-state index in [1.165, 1.54) is 199 Å². The van der Waals surface area contributed by atoms with Crippen molar-refractivity contribution >= 4 is 5.91 Å². The van der Waals surface area contributed by atoms with Gasteiger partial charge in [0.15, 0.2) is 0 Å². The van der Waals surface area contributed by atoms with E-state index in [1.54, 1.807) is 6.08 Å². The van der Waals surface area contributed by atoms with Crippen molar-refractivity contribution in [2.24, 2.45) is 0 Å². The standard InChI is InChI=1S/C62H111NO3/c1-3-5-7-9-11-13-15-17-19-21-23-25-27-28-29-30-31-32-33-34-36-38-40-42-44-46-48-50-52-54-56-58-62(66)63-60(59-64)61(65)57-55-53-51-49-47-45-43-41-39-37-35-26-24-22-20-18-16-14-12-10-8-6-4-2/h5,7,11,13,17,19,23,25,28-29,47,49,55,57,60-61,64-65H,3-4,6,8-10,12,14-16,18,20-22,24,26-27,30-46,48,50-54,56,58-59H2,1-2H3,(H,63,66)/b7-5-,13-11-,19-17-,25-23-,29-28-,49-47+,57-55+. The van der Waals surface area contributed by atoms with E-state index in [4.69, 9.17) is 0 Å². The molecule has 1 amide bonds. The predicted molar refractivity (Wildman–Crippen MR) is 294 cm³/mol. The largest absolute Gasteiger partial charge is 0.394 e. The predicted octanol–water partition coefficient (Wildman–Crippen LogP) is 19.1. The van der Waals surface area contributed by atoms with Crippen molar-refractivity contribution < 1.29 is 15.0 Å². The Bertz CT molecular complexity index is 1180. The zero-order valence-corrected chi connectivity index (χ0v) is 43.9. The molecule has 0 spiro atoms. The Kier molecular flexibility index (Phi) is 54.8. The summed E-state index contributed by atoms with van der Waals surface area (Å²) >= 11 is 0. The van der Waals surface area contributed by atoms with E-state index in [0.29, 0.717) is 6.42 Å². The lowest BCUT2D eigenvalue weighted by Crippen LogP contribution is -2.45. The fourth-order valence-corrected chi connectivity index (χ4v) is 8.52. The van der Waals surface area contributed by atoms with Gasteiger partial charge in [0.05, 0.1) is 18.8 Å². The van der Waals surface area contributed by atoms with Gasteiger partial charge in [-0.05, 0) is 77.0 Å². The van der Waals surface area contributed by atoms with Gasteiger partial charge in [0, 0.05) is 6.42 Å². The number of carbonyl (C=O) groups excluding carboxylic acids is 1. The molecule has 0 heterocycles. The molecule has 66 heavy (non-hydrogen) atoms. The molecule has 0 aliphatic carbocycles. The molecule has 0 aromatic carbocycles. The quantitative estimate of drug-likeness (QED) is 0.0421. The topological polar surface area (TPSA) is 69.6 Å². The van der Waals surface area contributed by atoms with E-state index in [-0.39, 0.29) is 12.5 Å². The van der Waals surface area contributed by atoms with Crippen LogP contribution in [0.2, 0.25) is 0 Å². The molecule has 2 atom stereocenters. The van der Waals surface area contributed by atoms with Gasteiger partial charge in [-0.25, -0.2) is 0 Å². The van der Waals surface area contributed by atoms with Gasteiger partial charge in [0.1, 0.15) is 0 Å². The fourth-order valence-electron chi connectivity index (χ4n) is 8.52. The van der Waals surface area contributed by atoms with Crippen molar-refractivity contribution in [3.8, 4) is 0 Å². The first-order valence-corrected chi connectivity index (χ1v) is 28.8.